The van der Waals surface area contributed by atoms with Crippen LogP contribution in [0.4, 0.5) is 0 Å². The molecule has 0 aliphatic heterocycles. The molecule has 0 radical (unpaired) electrons. The summed E-state index contributed by atoms with van der Waals surface area (Å²) in [6, 6.07) is 6.12. The minimum atomic E-state index is -0.502. The average molecular weight is 234 g/mol. The van der Waals surface area contributed by atoms with Crippen molar-refractivity contribution in [2.75, 3.05) is 7.11 Å². The Morgan fingerprint density at radius 2 is 2.00 bits per heavy atom. The number of carbonyl (C=O) groups is 1. The first-order chi connectivity index (χ1) is 7.90. The Bertz CT molecular complexity index is 392. The van der Waals surface area contributed by atoms with Gasteiger partial charge in [0, 0.05) is 11.0 Å². The molecule has 1 rings (SSSR count). The first kappa shape index (κ1) is 13.8. The molecule has 2 heteroatoms. The van der Waals surface area contributed by atoms with Crippen LogP contribution in [0.2, 0.25) is 0 Å². The van der Waals surface area contributed by atoms with Crippen molar-refractivity contribution >= 4 is 6.29 Å². The van der Waals surface area contributed by atoms with Gasteiger partial charge in [0.1, 0.15) is 12.0 Å². The summed E-state index contributed by atoms with van der Waals surface area (Å²) in [6.45, 7) is 8.21. The van der Waals surface area contributed by atoms with E-state index in [1.165, 1.54) is 5.56 Å². The summed E-state index contributed by atoms with van der Waals surface area (Å²) in [7, 11) is 1.64. The molecule has 0 bridgehead atoms. The van der Waals surface area contributed by atoms with Gasteiger partial charge in [0.25, 0.3) is 0 Å². The van der Waals surface area contributed by atoms with Gasteiger partial charge in [-0.1, -0.05) is 26.0 Å². The summed E-state index contributed by atoms with van der Waals surface area (Å²) in [6.07, 6.45) is 2.00. The molecule has 0 N–H and O–H groups in total. The van der Waals surface area contributed by atoms with E-state index in [4.69, 9.17) is 4.74 Å². The molecule has 0 saturated carbocycles. The van der Waals surface area contributed by atoms with E-state index in [-0.39, 0.29) is 0 Å². The molecule has 0 aliphatic carbocycles. The summed E-state index contributed by atoms with van der Waals surface area (Å²) in [4.78, 5) is 11.2. The molecule has 0 aromatic heterocycles. The first-order valence-electron chi connectivity index (χ1n) is 6.04. The van der Waals surface area contributed by atoms with E-state index in [0.29, 0.717) is 5.92 Å². The Labute approximate surface area is 104 Å². The Balaban J connectivity index is 3.20. The molecule has 2 nitrogen and oxygen atoms in total. The van der Waals surface area contributed by atoms with Crippen molar-refractivity contribution in [2.24, 2.45) is 5.92 Å². The van der Waals surface area contributed by atoms with Crippen molar-refractivity contribution in [1.82, 2.24) is 0 Å². The third kappa shape index (κ3) is 3.32. The van der Waals surface area contributed by atoms with Crippen molar-refractivity contribution in [1.29, 1.82) is 0 Å². The maximum absolute atomic E-state index is 11.2. The van der Waals surface area contributed by atoms with Crippen LogP contribution < -0.4 is 4.74 Å². The van der Waals surface area contributed by atoms with Gasteiger partial charge in [-0.3, -0.25) is 0 Å². The van der Waals surface area contributed by atoms with Gasteiger partial charge in [0.2, 0.25) is 0 Å². The predicted molar refractivity (Wildman–Crippen MR) is 70.6 cm³/mol. The molecule has 0 saturated heterocycles. The number of methoxy groups -OCH3 is 1. The highest BCUT2D eigenvalue weighted by Crippen LogP contribution is 2.31. The quantitative estimate of drug-likeness (QED) is 0.730. The van der Waals surface area contributed by atoms with Gasteiger partial charge >= 0.3 is 0 Å². The van der Waals surface area contributed by atoms with Crippen molar-refractivity contribution in [3.63, 3.8) is 0 Å². The van der Waals surface area contributed by atoms with Crippen LogP contribution in [0.5, 0.6) is 5.75 Å². The fraction of sp³-hybridized carbons (Fsp3) is 0.533. The lowest BCUT2D eigenvalue weighted by Gasteiger charge is -2.22. The zero-order valence-corrected chi connectivity index (χ0v) is 11.4. The van der Waals surface area contributed by atoms with E-state index in [0.717, 1.165) is 24.0 Å². The average Bonchev–Trinajstić information content (AvgIpc) is 2.28. The van der Waals surface area contributed by atoms with Gasteiger partial charge in [0.05, 0.1) is 7.11 Å². The highest BCUT2D eigenvalue weighted by Gasteiger charge is 2.24. The summed E-state index contributed by atoms with van der Waals surface area (Å²) in [5.41, 5.74) is 1.72. The molecular weight excluding hydrogens is 212 g/mol. The maximum atomic E-state index is 11.2. The zero-order valence-electron chi connectivity index (χ0n) is 11.4. The van der Waals surface area contributed by atoms with Crippen LogP contribution >= 0.6 is 0 Å². The number of rotatable bonds is 5. The molecule has 0 fully saturated rings. The largest absolute Gasteiger partial charge is 0.496 e. The van der Waals surface area contributed by atoms with Crippen LogP contribution in [0.15, 0.2) is 18.2 Å². The summed E-state index contributed by atoms with van der Waals surface area (Å²) < 4.78 is 5.33. The molecule has 0 unspecified atom stereocenters. The Morgan fingerprint density at radius 1 is 1.35 bits per heavy atom. The number of hydrogen-bond acceptors (Lipinski definition) is 2. The van der Waals surface area contributed by atoms with Crippen LogP contribution in [-0.2, 0) is 16.6 Å². The summed E-state index contributed by atoms with van der Waals surface area (Å²) in [5, 5.41) is 0. The molecular formula is C15H22O2. The number of hydrogen-bond donors (Lipinski definition) is 0. The lowest BCUT2D eigenvalue weighted by molar-refractivity contribution is -0.111. The molecule has 0 atom stereocenters. The number of benzene rings is 1. The monoisotopic (exact) mass is 234 g/mol. The highest BCUT2D eigenvalue weighted by atomic mass is 16.5. The molecule has 0 heterocycles. The van der Waals surface area contributed by atoms with E-state index in [9.17, 15) is 4.79 Å². The molecule has 1 aromatic rings. The van der Waals surface area contributed by atoms with Crippen molar-refractivity contribution < 1.29 is 9.53 Å². The smallest absolute Gasteiger partial charge is 0.130 e. The predicted octanol–water partition coefficient (Wildman–Crippen LogP) is 3.37. The van der Waals surface area contributed by atoms with E-state index in [2.05, 4.69) is 26.0 Å². The second kappa shape index (κ2) is 5.35. The second-order valence-corrected chi connectivity index (χ2v) is 5.47. The lowest BCUT2D eigenvalue weighted by Crippen LogP contribution is -2.20. The lowest BCUT2D eigenvalue weighted by atomic mass is 9.84. The van der Waals surface area contributed by atoms with Gasteiger partial charge in [0.15, 0.2) is 0 Å². The van der Waals surface area contributed by atoms with Gasteiger partial charge in [-0.15, -0.1) is 0 Å². The van der Waals surface area contributed by atoms with Crippen LogP contribution in [0.25, 0.3) is 0 Å². The van der Waals surface area contributed by atoms with E-state index in [1.54, 1.807) is 7.11 Å². The Morgan fingerprint density at radius 3 is 2.47 bits per heavy atom. The van der Waals surface area contributed by atoms with E-state index in [1.807, 2.05) is 19.9 Å². The molecule has 0 aliphatic rings. The minimum absolute atomic E-state index is 0.502. The molecule has 94 valence electrons. The fourth-order valence-electron chi connectivity index (χ4n) is 1.92. The molecule has 0 spiro atoms. The molecule has 17 heavy (non-hydrogen) atoms. The fourth-order valence-corrected chi connectivity index (χ4v) is 1.92. The van der Waals surface area contributed by atoms with Crippen molar-refractivity contribution in [3.8, 4) is 5.75 Å². The first-order valence-corrected chi connectivity index (χ1v) is 6.04. The van der Waals surface area contributed by atoms with Gasteiger partial charge in [-0.2, -0.15) is 0 Å². The van der Waals surface area contributed by atoms with Crippen LogP contribution in [-0.4, -0.2) is 13.4 Å². The number of carbonyl (C=O) groups excluding carboxylic acids is 1. The van der Waals surface area contributed by atoms with Crippen molar-refractivity contribution in [2.45, 2.75) is 39.5 Å². The van der Waals surface area contributed by atoms with Gasteiger partial charge in [-0.25, -0.2) is 0 Å². The van der Waals surface area contributed by atoms with E-state index < -0.39 is 5.41 Å². The maximum Gasteiger partial charge on any atom is 0.130 e. The van der Waals surface area contributed by atoms with Crippen molar-refractivity contribution in [3.05, 3.63) is 29.3 Å². The van der Waals surface area contributed by atoms with Gasteiger partial charge in [-0.05, 0) is 37.8 Å². The highest BCUT2D eigenvalue weighted by molar-refractivity contribution is 5.69. The Kier molecular flexibility index (Phi) is 4.33. The van der Waals surface area contributed by atoms with Crippen LogP contribution in [0.1, 0.15) is 38.8 Å². The second-order valence-electron chi connectivity index (χ2n) is 5.47. The SMILES string of the molecule is COc1ccc(CC(C)C)cc1C(C)(C)C=O. The summed E-state index contributed by atoms with van der Waals surface area (Å²) >= 11 is 0. The topological polar surface area (TPSA) is 26.3 Å². The van der Waals surface area contributed by atoms with Gasteiger partial charge < -0.3 is 9.53 Å². The third-order valence-corrected chi connectivity index (χ3v) is 2.90. The van der Waals surface area contributed by atoms with E-state index >= 15 is 0 Å². The van der Waals surface area contributed by atoms with Crippen LogP contribution in [0.3, 0.4) is 0 Å². The summed E-state index contributed by atoms with van der Waals surface area (Å²) in [5.74, 6) is 1.39. The zero-order chi connectivity index (χ0) is 13.1. The number of aldehydes is 1. The minimum Gasteiger partial charge on any atom is -0.496 e. The normalized spacial score (nSPS) is 11.6. The molecule has 1 aromatic carbocycles. The number of ether oxygens (including phenoxy) is 1. The standard InChI is InChI=1S/C15H22O2/c1-11(2)8-12-6-7-14(17-5)13(9-12)15(3,4)10-16/h6-7,9-11H,8H2,1-5H3. The van der Waals surface area contributed by atoms with Crippen LogP contribution in [0, 0.1) is 5.92 Å². The molecule has 0 amide bonds. The third-order valence-electron chi connectivity index (χ3n) is 2.90. The Hall–Kier alpha value is -1.31.